The van der Waals surface area contributed by atoms with E-state index in [9.17, 15) is 14.0 Å². The molecule has 24 heavy (non-hydrogen) atoms. The van der Waals surface area contributed by atoms with Gasteiger partial charge >= 0.3 is 12.0 Å². The topological polar surface area (TPSA) is 81.4 Å². The quantitative estimate of drug-likeness (QED) is 0.784. The average molecular weight is 351 g/mol. The molecule has 7 heteroatoms. The molecular formula is C17H16ClFN2O3. The van der Waals surface area contributed by atoms with E-state index in [0.29, 0.717) is 16.1 Å². The summed E-state index contributed by atoms with van der Waals surface area (Å²) < 4.78 is 18.2. The van der Waals surface area contributed by atoms with Crippen molar-refractivity contribution in [2.45, 2.75) is 19.1 Å². The molecule has 2 rings (SSSR count). The van der Waals surface area contributed by atoms with Gasteiger partial charge in [-0.15, -0.1) is 0 Å². The number of halogens is 2. The van der Waals surface area contributed by atoms with Crippen molar-refractivity contribution in [3.8, 4) is 0 Å². The van der Waals surface area contributed by atoms with Gasteiger partial charge in [-0.25, -0.2) is 9.18 Å². The standard InChI is InChI=1S/C17H16ClFN2O3/c18-13-6-4-12(5-7-13)15(21-17(20)23)9-16(22)24-10-11-2-1-3-14(19)8-11/h1-8,15H,9-10H2,(H3,20,21,23). The number of amides is 2. The van der Waals surface area contributed by atoms with Gasteiger partial charge in [-0.1, -0.05) is 35.9 Å². The van der Waals surface area contributed by atoms with Crippen molar-refractivity contribution in [3.63, 3.8) is 0 Å². The summed E-state index contributed by atoms with van der Waals surface area (Å²) >= 11 is 5.82. The van der Waals surface area contributed by atoms with Crippen LogP contribution >= 0.6 is 11.6 Å². The molecule has 2 aromatic rings. The second-order valence-corrected chi connectivity index (χ2v) is 5.54. The molecule has 1 unspecified atom stereocenters. The first-order valence-electron chi connectivity index (χ1n) is 7.15. The predicted octanol–water partition coefficient (Wildman–Crippen LogP) is 3.32. The largest absolute Gasteiger partial charge is 0.461 e. The fourth-order valence-electron chi connectivity index (χ4n) is 2.14. The summed E-state index contributed by atoms with van der Waals surface area (Å²) in [5.41, 5.74) is 6.35. The van der Waals surface area contributed by atoms with E-state index in [2.05, 4.69) is 5.32 Å². The number of hydrogen-bond donors (Lipinski definition) is 2. The Labute approximate surface area is 143 Å². The monoisotopic (exact) mass is 350 g/mol. The Kier molecular flexibility index (Phi) is 6.14. The first kappa shape index (κ1) is 17.7. The maximum absolute atomic E-state index is 13.1. The molecule has 2 aromatic carbocycles. The third kappa shape index (κ3) is 5.55. The second-order valence-electron chi connectivity index (χ2n) is 5.11. The van der Waals surface area contributed by atoms with Gasteiger partial charge in [0.2, 0.25) is 0 Å². The van der Waals surface area contributed by atoms with Crippen molar-refractivity contribution >= 4 is 23.6 Å². The number of urea groups is 1. The highest BCUT2D eigenvalue weighted by atomic mass is 35.5. The van der Waals surface area contributed by atoms with Gasteiger partial charge < -0.3 is 15.8 Å². The van der Waals surface area contributed by atoms with Gasteiger partial charge in [-0.05, 0) is 35.4 Å². The first-order valence-corrected chi connectivity index (χ1v) is 7.53. The molecule has 3 N–H and O–H groups in total. The number of carbonyl (C=O) groups is 2. The molecular weight excluding hydrogens is 335 g/mol. The minimum atomic E-state index is -0.757. The molecule has 1 atom stereocenters. The predicted molar refractivity (Wildman–Crippen MR) is 87.7 cm³/mol. The van der Waals surface area contributed by atoms with E-state index in [-0.39, 0.29) is 13.0 Å². The van der Waals surface area contributed by atoms with Crippen LogP contribution in [0.15, 0.2) is 48.5 Å². The molecule has 5 nitrogen and oxygen atoms in total. The minimum absolute atomic E-state index is 0.0551. The zero-order valence-corrected chi connectivity index (χ0v) is 13.4. The van der Waals surface area contributed by atoms with Gasteiger partial charge in [-0.3, -0.25) is 4.79 Å². The Morgan fingerprint density at radius 3 is 2.54 bits per heavy atom. The van der Waals surface area contributed by atoms with Crippen LogP contribution in [0.5, 0.6) is 0 Å². The van der Waals surface area contributed by atoms with E-state index in [1.54, 1.807) is 30.3 Å². The molecule has 0 fully saturated rings. The molecule has 0 aliphatic carbocycles. The number of ether oxygens (including phenoxy) is 1. The van der Waals surface area contributed by atoms with E-state index >= 15 is 0 Å². The molecule has 0 saturated carbocycles. The van der Waals surface area contributed by atoms with Crippen LogP contribution in [0.1, 0.15) is 23.6 Å². The Hall–Kier alpha value is -2.60. The molecule has 0 aromatic heterocycles. The molecule has 2 amide bonds. The van der Waals surface area contributed by atoms with Crippen molar-refractivity contribution in [3.05, 3.63) is 70.5 Å². The normalized spacial score (nSPS) is 11.6. The summed E-state index contributed by atoms with van der Waals surface area (Å²) in [5.74, 6) is -0.953. The number of nitrogens with one attached hydrogen (secondary N) is 1. The Morgan fingerprint density at radius 2 is 1.92 bits per heavy atom. The van der Waals surface area contributed by atoms with E-state index in [4.69, 9.17) is 22.1 Å². The number of esters is 1. The number of primary amides is 1. The number of benzene rings is 2. The van der Waals surface area contributed by atoms with Gasteiger partial charge in [0.25, 0.3) is 0 Å². The highest BCUT2D eigenvalue weighted by Gasteiger charge is 2.18. The Bertz CT molecular complexity index is 722. The number of rotatable bonds is 6. The number of nitrogens with two attached hydrogens (primary N) is 1. The van der Waals surface area contributed by atoms with Gasteiger partial charge in [-0.2, -0.15) is 0 Å². The summed E-state index contributed by atoms with van der Waals surface area (Å²) in [6, 6.07) is 11.0. The lowest BCUT2D eigenvalue weighted by molar-refractivity contribution is -0.145. The van der Waals surface area contributed by atoms with Crippen LogP contribution in [0.3, 0.4) is 0 Å². The third-order valence-electron chi connectivity index (χ3n) is 3.25. The van der Waals surface area contributed by atoms with E-state index < -0.39 is 23.9 Å². The summed E-state index contributed by atoms with van der Waals surface area (Å²) in [6.45, 7) is -0.0551. The van der Waals surface area contributed by atoms with Crippen molar-refractivity contribution in [1.82, 2.24) is 5.32 Å². The summed E-state index contributed by atoms with van der Waals surface area (Å²) in [7, 11) is 0. The van der Waals surface area contributed by atoms with Crippen molar-refractivity contribution in [2.24, 2.45) is 5.73 Å². The van der Waals surface area contributed by atoms with Gasteiger partial charge in [0.05, 0.1) is 12.5 Å². The molecule has 0 aliphatic heterocycles. The van der Waals surface area contributed by atoms with Crippen LogP contribution in [0.4, 0.5) is 9.18 Å². The zero-order valence-electron chi connectivity index (χ0n) is 12.7. The summed E-state index contributed by atoms with van der Waals surface area (Å²) in [4.78, 5) is 23.1. The molecule has 0 bridgehead atoms. The summed E-state index contributed by atoms with van der Waals surface area (Å²) in [5, 5.41) is 3.02. The Morgan fingerprint density at radius 1 is 1.21 bits per heavy atom. The zero-order chi connectivity index (χ0) is 17.5. The average Bonchev–Trinajstić information content (AvgIpc) is 2.53. The highest BCUT2D eigenvalue weighted by Crippen LogP contribution is 2.20. The fourth-order valence-corrected chi connectivity index (χ4v) is 2.26. The molecule has 0 radical (unpaired) electrons. The smallest absolute Gasteiger partial charge is 0.312 e. The number of hydrogen-bond acceptors (Lipinski definition) is 3. The molecule has 0 aliphatic rings. The van der Waals surface area contributed by atoms with Crippen molar-refractivity contribution in [1.29, 1.82) is 0 Å². The van der Waals surface area contributed by atoms with Crippen LogP contribution in [0, 0.1) is 5.82 Å². The first-order chi connectivity index (χ1) is 11.4. The summed E-state index contributed by atoms with van der Waals surface area (Å²) in [6.07, 6.45) is -0.111. The fraction of sp³-hybridized carbons (Fsp3) is 0.176. The lowest BCUT2D eigenvalue weighted by Crippen LogP contribution is -2.34. The van der Waals surface area contributed by atoms with Crippen LogP contribution in [-0.4, -0.2) is 12.0 Å². The van der Waals surface area contributed by atoms with Crippen LogP contribution in [0.2, 0.25) is 5.02 Å². The van der Waals surface area contributed by atoms with E-state index in [0.717, 1.165) is 0 Å². The van der Waals surface area contributed by atoms with Crippen LogP contribution in [0.25, 0.3) is 0 Å². The lowest BCUT2D eigenvalue weighted by Gasteiger charge is -2.17. The van der Waals surface area contributed by atoms with E-state index in [1.165, 1.54) is 18.2 Å². The lowest BCUT2D eigenvalue weighted by atomic mass is 10.0. The van der Waals surface area contributed by atoms with Crippen molar-refractivity contribution in [2.75, 3.05) is 0 Å². The van der Waals surface area contributed by atoms with Crippen LogP contribution < -0.4 is 11.1 Å². The van der Waals surface area contributed by atoms with Crippen LogP contribution in [-0.2, 0) is 16.1 Å². The minimum Gasteiger partial charge on any atom is -0.461 e. The molecule has 0 saturated heterocycles. The maximum atomic E-state index is 13.1. The van der Waals surface area contributed by atoms with Gasteiger partial charge in [0.15, 0.2) is 0 Å². The maximum Gasteiger partial charge on any atom is 0.312 e. The highest BCUT2D eigenvalue weighted by molar-refractivity contribution is 6.30. The van der Waals surface area contributed by atoms with Gasteiger partial charge in [0, 0.05) is 5.02 Å². The number of carbonyl (C=O) groups excluding carboxylic acids is 2. The van der Waals surface area contributed by atoms with E-state index in [1.807, 2.05) is 0 Å². The third-order valence-corrected chi connectivity index (χ3v) is 3.50. The van der Waals surface area contributed by atoms with Gasteiger partial charge in [0.1, 0.15) is 12.4 Å². The molecule has 0 heterocycles. The van der Waals surface area contributed by atoms with Crippen molar-refractivity contribution < 1.29 is 18.7 Å². The molecule has 0 spiro atoms. The SMILES string of the molecule is NC(=O)NC(CC(=O)OCc1cccc(F)c1)c1ccc(Cl)cc1. The molecule has 126 valence electrons. The Balaban J connectivity index is 1.99. The second kappa shape index (κ2) is 8.31.